The van der Waals surface area contributed by atoms with Gasteiger partial charge in [-0.1, -0.05) is 41.9 Å². The van der Waals surface area contributed by atoms with E-state index in [9.17, 15) is 9.90 Å². The highest BCUT2D eigenvalue weighted by atomic mass is 35.5. The number of esters is 1. The Morgan fingerprint density at radius 2 is 1.85 bits per heavy atom. The molecule has 7 nitrogen and oxygen atoms in total. The van der Waals surface area contributed by atoms with Gasteiger partial charge >= 0.3 is 5.97 Å². The van der Waals surface area contributed by atoms with E-state index in [0.717, 1.165) is 55.4 Å². The highest BCUT2D eigenvalue weighted by molar-refractivity contribution is 6.35. The molecule has 0 aliphatic rings. The van der Waals surface area contributed by atoms with Crippen molar-refractivity contribution >= 4 is 39.2 Å². The summed E-state index contributed by atoms with van der Waals surface area (Å²) in [6.45, 7) is 8.80. The summed E-state index contributed by atoms with van der Waals surface area (Å²) >= 11 is 6.81. The number of hydrogen-bond acceptors (Lipinski definition) is 5. The molecule has 5 aromatic rings. The number of aliphatic hydroxyl groups is 1. The number of carbonyl (C=O) groups excluding carboxylic acids is 1. The Hall–Kier alpha value is -3.81. The molecule has 8 heteroatoms. The van der Waals surface area contributed by atoms with Crippen molar-refractivity contribution in [2.24, 2.45) is 7.05 Å². The SMILES string of the molecule is CCOC(=O)c1c(C)c2c(-c3c(CO)nn(C)c3C)c(Cl)ccc2n1CCCOc1cc(C)cc2ccccc12. The molecular weight excluding hydrogens is 526 g/mol. The van der Waals surface area contributed by atoms with Gasteiger partial charge in [0.15, 0.2) is 0 Å². The first-order valence-corrected chi connectivity index (χ1v) is 13.9. The van der Waals surface area contributed by atoms with Gasteiger partial charge in [-0.25, -0.2) is 4.79 Å². The number of hydrogen-bond donors (Lipinski definition) is 1. The zero-order valence-electron chi connectivity index (χ0n) is 23.5. The van der Waals surface area contributed by atoms with E-state index in [1.807, 2.05) is 49.7 Å². The van der Waals surface area contributed by atoms with Gasteiger partial charge in [-0.3, -0.25) is 4.68 Å². The highest BCUT2D eigenvalue weighted by Gasteiger charge is 2.27. The van der Waals surface area contributed by atoms with Gasteiger partial charge in [-0.15, -0.1) is 0 Å². The highest BCUT2D eigenvalue weighted by Crippen LogP contribution is 2.42. The Bertz CT molecular complexity index is 1730. The van der Waals surface area contributed by atoms with Gasteiger partial charge in [0.2, 0.25) is 0 Å². The maximum Gasteiger partial charge on any atom is 0.355 e. The Morgan fingerprint density at radius 3 is 2.60 bits per heavy atom. The van der Waals surface area contributed by atoms with Crippen molar-refractivity contribution in [2.75, 3.05) is 13.2 Å². The third-order valence-corrected chi connectivity index (χ3v) is 7.77. The normalized spacial score (nSPS) is 11.5. The lowest BCUT2D eigenvalue weighted by Gasteiger charge is -2.14. The number of aryl methyl sites for hydroxylation is 4. The molecule has 0 aliphatic heterocycles. The standard InChI is InChI=1S/C32H34ClN3O4/c1-6-39-32(38)31-20(3)28-26(13-12-24(33)30(28)29-21(4)35(5)34-25(29)18-37)36(31)14-9-15-40-27-17-19(2)16-22-10-7-8-11-23(22)27/h7-8,10-13,16-17,37H,6,9,14-15,18H2,1-5H3. The van der Waals surface area contributed by atoms with Crippen molar-refractivity contribution in [3.63, 3.8) is 0 Å². The average Bonchev–Trinajstić information content (AvgIpc) is 3.38. The monoisotopic (exact) mass is 559 g/mol. The number of halogens is 1. The molecule has 2 aromatic heterocycles. The van der Waals surface area contributed by atoms with Gasteiger partial charge in [0.25, 0.3) is 0 Å². The quantitative estimate of drug-likeness (QED) is 0.157. The minimum atomic E-state index is -0.380. The molecule has 40 heavy (non-hydrogen) atoms. The van der Waals surface area contributed by atoms with Gasteiger partial charge in [-0.05, 0) is 68.8 Å². The lowest BCUT2D eigenvalue weighted by Crippen LogP contribution is -2.15. The summed E-state index contributed by atoms with van der Waals surface area (Å²) < 4.78 is 15.5. The topological polar surface area (TPSA) is 78.5 Å². The van der Waals surface area contributed by atoms with Crippen LogP contribution in [0.2, 0.25) is 5.02 Å². The molecule has 2 heterocycles. The van der Waals surface area contributed by atoms with Crippen molar-refractivity contribution in [1.82, 2.24) is 14.3 Å². The summed E-state index contributed by atoms with van der Waals surface area (Å²) in [4.78, 5) is 13.3. The van der Waals surface area contributed by atoms with E-state index in [4.69, 9.17) is 21.1 Å². The third kappa shape index (κ3) is 4.84. The lowest BCUT2D eigenvalue weighted by atomic mass is 9.97. The summed E-state index contributed by atoms with van der Waals surface area (Å²) in [6.07, 6.45) is 0.670. The second-order valence-corrected chi connectivity index (χ2v) is 10.4. The number of benzene rings is 3. The van der Waals surface area contributed by atoms with E-state index in [2.05, 4.69) is 36.3 Å². The van der Waals surface area contributed by atoms with E-state index >= 15 is 0 Å². The predicted octanol–water partition coefficient (Wildman–Crippen LogP) is 6.91. The Balaban J connectivity index is 1.55. The van der Waals surface area contributed by atoms with Crippen LogP contribution in [0.5, 0.6) is 5.75 Å². The van der Waals surface area contributed by atoms with Crippen molar-refractivity contribution in [1.29, 1.82) is 0 Å². The second kappa shape index (κ2) is 11.4. The van der Waals surface area contributed by atoms with Crippen LogP contribution in [0.1, 0.15) is 46.3 Å². The third-order valence-electron chi connectivity index (χ3n) is 7.45. The van der Waals surface area contributed by atoms with Crippen LogP contribution in [0, 0.1) is 20.8 Å². The van der Waals surface area contributed by atoms with E-state index < -0.39 is 0 Å². The van der Waals surface area contributed by atoms with Crippen molar-refractivity contribution in [3.8, 4) is 16.9 Å². The largest absolute Gasteiger partial charge is 0.493 e. The molecule has 0 radical (unpaired) electrons. The van der Waals surface area contributed by atoms with Crippen LogP contribution in [-0.2, 0) is 24.9 Å². The molecule has 208 valence electrons. The molecule has 0 saturated carbocycles. The van der Waals surface area contributed by atoms with Crippen LogP contribution < -0.4 is 4.74 Å². The minimum Gasteiger partial charge on any atom is -0.493 e. The first-order chi connectivity index (χ1) is 19.3. The predicted molar refractivity (Wildman–Crippen MR) is 159 cm³/mol. The smallest absolute Gasteiger partial charge is 0.355 e. The van der Waals surface area contributed by atoms with E-state index in [-0.39, 0.29) is 19.2 Å². The van der Waals surface area contributed by atoms with E-state index in [1.165, 1.54) is 0 Å². The minimum absolute atomic E-state index is 0.223. The number of aromatic nitrogens is 3. The van der Waals surface area contributed by atoms with Crippen LogP contribution in [0.4, 0.5) is 0 Å². The van der Waals surface area contributed by atoms with Crippen molar-refractivity contribution < 1.29 is 19.4 Å². The van der Waals surface area contributed by atoms with Gasteiger partial charge in [-0.2, -0.15) is 5.10 Å². The van der Waals surface area contributed by atoms with Gasteiger partial charge in [0.05, 0.1) is 25.5 Å². The summed E-state index contributed by atoms with van der Waals surface area (Å²) in [5, 5.41) is 18.2. The number of aliphatic hydroxyl groups excluding tert-OH is 1. The number of fused-ring (bicyclic) bond motifs is 2. The Labute approximate surface area is 238 Å². The molecule has 0 aliphatic carbocycles. The molecule has 3 aromatic carbocycles. The second-order valence-electron chi connectivity index (χ2n) is 10.0. The molecule has 0 fully saturated rings. The number of carbonyl (C=O) groups is 1. The molecule has 0 unspecified atom stereocenters. The fraction of sp³-hybridized carbons (Fsp3) is 0.312. The van der Waals surface area contributed by atoms with Gasteiger partial charge < -0.3 is 19.1 Å². The molecule has 0 bridgehead atoms. The molecule has 0 amide bonds. The maximum atomic E-state index is 13.3. The van der Waals surface area contributed by atoms with Crippen molar-refractivity contribution in [2.45, 2.75) is 47.3 Å². The molecule has 0 atom stereocenters. The summed E-state index contributed by atoms with van der Waals surface area (Å²) in [6, 6.07) is 16.2. The Morgan fingerprint density at radius 1 is 1.07 bits per heavy atom. The molecule has 5 rings (SSSR count). The van der Waals surface area contributed by atoms with E-state index in [0.29, 0.717) is 36.0 Å². The summed E-state index contributed by atoms with van der Waals surface area (Å²) in [5.74, 6) is 0.474. The first-order valence-electron chi connectivity index (χ1n) is 13.5. The lowest BCUT2D eigenvalue weighted by molar-refractivity contribution is 0.0513. The molecule has 0 spiro atoms. The van der Waals surface area contributed by atoms with E-state index in [1.54, 1.807) is 11.6 Å². The summed E-state index contributed by atoms with van der Waals surface area (Å²) in [5.41, 5.74) is 6.25. The number of ether oxygens (including phenoxy) is 2. The summed E-state index contributed by atoms with van der Waals surface area (Å²) in [7, 11) is 1.84. The average molecular weight is 560 g/mol. The fourth-order valence-electron chi connectivity index (χ4n) is 5.61. The zero-order valence-corrected chi connectivity index (χ0v) is 24.3. The van der Waals surface area contributed by atoms with Crippen LogP contribution in [0.25, 0.3) is 32.8 Å². The number of rotatable bonds is 9. The number of nitrogens with zero attached hydrogens (tertiary/aromatic N) is 3. The molecule has 0 saturated heterocycles. The maximum absolute atomic E-state index is 13.3. The zero-order chi connectivity index (χ0) is 28.6. The first kappa shape index (κ1) is 27.7. The van der Waals surface area contributed by atoms with Crippen LogP contribution >= 0.6 is 11.6 Å². The molecule has 1 N–H and O–H groups in total. The van der Waals surface area contributed by atoms with Crippen LogP contribution in [-0.4, -0.2) is 38.6 Å². The van der Waals surface area contributed by atoms with Crippen LogP contribution in [0.3, 0.4) is 0 Å². The molecular formula is C32H34ClN3O4. The van der Waals surface area contributed by atoms with Crippen molar-refractivity contribution in [3.05, 3.63) is 81.8 Å². The fourth-order valence-corrected chi connectivity index (χ4v) is 5.86. The van der Waals surface area contributed by atoms with Gasteiger partial charge in [0, 0.05) is 51.7 Å². The van der Waals surface area contributed by atoms with Crippen LogP contribution in [0.15, 0.2) is 48.5 Å². The Kier molecular flexibility index (Phi) is 7.88. The van der Waals surface area contributed by atoms with Gasteiger partial charge in [0.1, 0.15) is 11.4 Å².